The lowest BCUT2D eigenvalue weighted by Gasteiger charge is -2.19. The van der Waals surface area contributed by atoms with Crippen molar-refractivity contribution in [2.75, 3.05) is 33.0 Å². The molecule has 0 fully saturated rings. The van der Waals surface area contributed by atoms with E-state index in [1.807, 2.05) is 30.3 Å². The molecule has 0 atom stereocenters. The fourth-order valence-corrected chi connectivity index (χ4v) is 3.51. The number of amides is 1. The maximum absolute atomic E-state index is 12.7. The summed E-state index contributed by atoms with van der Waals surface area (Å²) >= 11 is 0. The number of benzene rings is 3. The van der Waals surface area contributed by atoms with E-state index >= 15 is 0 Å². The van der Waals surface area contributed by atoms with Gasteiger partial charge < -0.3 is 23.8 Å². The number of esters is 1. The number of rotatable bonds is 5. The van der Waals surface area contributed by atoms with Gasteiger partial charge in [0.1, 0.15) is 0 Å². The van der Waals surface area contributed by atoms with Crippen LogP contribution in [0.2, 0.25) is 0 Å². The summed E-state index contributed by atoms with van der Waals surface area (Å²) in [4.78, 5) is 26.8. The molecule has 31 heavy (non-hydrogen) atoms. The van der Waals surface area contributed by atoms with Gasteiger partial charge in [0.15, 0.2) is 11.5 Å². The zero-order chi connectivity index (χ0) is 22.0. The topological polar surface area (TPSA) is 74.3 Å². The Kier molecular flexibility index (Phi) is 5.49. The molecular formula is C24H21NO6. The molecule has 0 saturated carbocycles. The number of hydrogen-bond acceptors (Lipinski definition) is 6. The van der Waals surface area contributed by atoms with Crippen LogP contribution in [-0.2, 0) is 4.74 Å². The third kappa shape index (κ3) is 3.66. The SMILES string of the molecule is COC(=O)c1cc2c(c(OC)c1-c1ccc(N(C)C(=O)c3ccccc3)cc1)OCO2. The van der Waals surface area contributed by atoms with E-state index < -0.39 is 5.97 Å². The Morgan fingerprint density at radius 1 is 0.968 bits per heavy atom. The fraction of sp³-hybridized carbons (Fsp3) is 0.167. The molecule has 3 aromatic rings. The van der Waals surface area contributed by atoms with Crippen molar-refractivity contribution in [3.8, 4) is 28.4 Å². The molecule has 158 valence electrons. The lowest BCUT2D eigenvalue weighted by atomic mass is 9.97. The van der Waals surface area contributed by atoms with Crippen molar-refractivity contribution >= 4 is 17.6 Å². The summed E-state index contributed by atoms with van der Waals surface area (Å²) < 4.78 is 21.5. The van der Waals surface area contributed by atoms with Crippen molar-refractivity contribution in [1.29, 1.82) is 0 Å². The van der Waals surface area contributed by atoms with E-state index in [4.69, 9.17) is 18.9 Å². The summed E-state index contributed by atoms with van der Waals surface area (Å²) in [5.74, 6) is 0.601. The molecule has 7 heteroatoms. The average Bonchev–Trinajstić information content (AvgIpc) is 3.30. The quantitative estimate of drug-likeness (QED) is 0.579. The first-order valence-corrected chi connectivity index (χ1v) is 9.57. The van der Waals surface area contributed by atoms with Gasteiger partial charge in [-0.1, -0.05) is 30.3 Å². The Morgan fingerprint density at radius 2 is 1.68 bits per heavy atom. The first kappa shape index (κ1) is 20.3. The molecule has 0 saturated heterocycles. The predicted octanol–water partition coefficient (Wildman–Crippen LogP) is 4.15. The minimum Gasteiger partial charge on any atom is -0.492 e. The third-order valence-corrected chi connectivity index (χ3v) is 5.10. The lowest BCUT2D eigenvalue weighted by Crippen LogP contribution is -2.26. The van der Waals surface area contributed by atoms with Gasteiger partial charge in [0.25, 0.3) is 5.91 Å². The summed E-state index contributed by atoms with van der Waals surface area (Å²) in [7, 11) is 4.53. The first-order chi connectivity index (χ1) is 15.0. The van der Waals surface area contributed by atoms with Gasteiger partial charge in [-0.25, -0.2) is 4.79 Å². The van der Waals surface area contributed by atoms with Crippen LogP contribution < -0.4 is 19.1 Å². The summed E-state index contributed by atoms with van der Waals surface area (Å²) in [6.07, 6.45) is 0. The molecule has 0 spiro atoms. The van der Waals surface area contributed by atoms with Crippen LogP contribution in [0.4, 0.5) is 5.69 Å². The van der Waals surface area contributed by atoms with Gasteiger partial charge in [-0.15, -0.1) is 0 Å². The smallest absolute Gasteiger partial charge is 0.338 e. The van der Waals surface area contributed by atoms with Gasteiger partial charge in [-0.2, -0.15) is 0 Å². The zero-order valence-electron chi connectivity index (χ0n) is 17.4. The van der Waals surface area contributed by atoms with E-state index in [9.17, 15) is 9.59 Å². The number of carbonyl (C=O) groups is 2. The van der Waals surface area contributed by atoms with Crippen molar-refractivity contribution in [2.24, 2.45) is 0 Å². The Hall–Kier alpha value is -4.00. The summed E-state index contributed by atoms with van der Waals surface area (Å²) in [5.41, 5.74) is 2.84. The molecule has 0 N–H and O–H groups in total. The average molecular weight is 419 g/mol. The van der Waals surface area contributed by atoms with Crippen LogP contribution in [0.3, 0.4) is 0 Å². The highest BCUT2D eigenvalue weighted by Crippen LogP contribution is 2.49. The Morgan fingerprint density at radius 3 is 2.32 bits per heavy atom. The first-order valence-electron chi connectivity index (χ1n) is 9.57. The molecule has 7 nitrogen and oxygen atoms in total. The molecule has 1 aliphatic rings. The van der Waals surface area contributed by atoms with Crippen LogP contribution in [0.5, 0.6) is 17.2 Å². The van der Waals surface area contributed by atoms with Crippen molar-refractivity contribution in [3.63, 3.8) is 0 Å². The largest absolute Gasteiger partial charge is 0.492 e. The Bertz CT molecular complexity index is 1130. The third-order valence-electron chi connectivity index (χ3n) is 5.10. The number of fused-ring (bicyclic) bond motifs is 1. The van der Waals surface area contributed by atoms with Crippen LogP contribution in [0.25, 0.3) is 11.1 Å². The fourth-order valence-electron chi connectivity index (χ4n) is 3.51. The van der Waals surface area contributed by atoms with Crippen LogP contribution in [0.1, 0.15) is 20.7 Å². The summed E-state index contributed by atoms with van der Waals surface area (Å²) in [6.45, 7) is 0.0427. The molecule has 1 amide bonds. The van der Waals surface area contributed by atoms with Crippen molar-refractivity contribution in [3.05, 3.63) is 71.8 Å². The van der Waals surface area contributed by atoms with Crippen LogP contribution in [0, 0.1) is 0 Å². The highest BCUT2D eigenvalue weighted by Gasteiger charge is 2.29. The van der Waals surface area contributed by atoms with Gasteiger partial charge in [0.2, 0.25) is 12.5 Å². The van der Waals surface area contributed by atoms with Gasteiger partial charge in [-0.05, 0) is 35.9 Å². The molecule has 0 unspecified atom stereocenters. The number of hydrogen-bond donors (Lipinski definition) is 0. The molecule has 0 aliphatic carbocycles. The molecule has 4 rings (SSSR count). The molecule has 0 aromatic heterocycles. The second-order valence-corrected chi connectivity index (χ2v) is 6.83. The minimum absolute atomic E-state index is 0.0427. The normalized spacial score (nSPS) is 11.7. The van der Waals surface area contributed by atoms with Crippen molar-refractivity contribution in [2.45, 2.75) is 0 Å². The maximum atomic E-state index is 12.7. The number of carbonyl (C=O) groups excluding carboxylic acids is 2. The minimum atomic E-state index is -0.521. The number of methoxy groups -OCH3 is 2. The van der Waals surface area contributed by atoms with Gasteiger partial charge in [0, 0.05) is 23.9 Å². The van der Waals surface area contributed by atoms with E-state index in [1.54, 1.807) is 42.3 Å². The van der Waals surface area contributed by atoms with Crippen LogP contribution >= 0.6 is 0 Å². The van der Waals surface area contributed by atoms with E-state index in [2.05, 4.69) is 0 Å². The van der Waals surface area contributed by atoms with Crippen LogP contribution in [-0.4, -0.2) is 39.9 Å². The standard InChI is InChI=1S/C24H21NO6/c1-25(23(26)16-7-5-4-6-8-16)17-11-9-15(10-12-17)20-18(24(27)29-3)13-19-21(22(20)28-2)31-14-30-19/h4-13H,14H2,1-3H3. The predicted molar refractivity (Wildman–Crippen MR) is 115 cm³/mol. The Balaban J connectivity index is 1.74. The molecule has 3 aromatic carbocycles. The second kappa shape index (κ2) is 8.39. The number of ether oxygens (including phenoxy) is 4. The number of nitrogens with zero attached hydrogens (tertiary/aromatic N) is 1. The van der Waals surface area contributed by atoms with Gasteiger partial charge in [-0.3, -0.25) is 4.79 Å². The van der Waals surface area contributed by atoms with Crippen molar-refractivity contribution < 1.29 is 28.5 Å². The lowest BCUT2D eigenvalue weighted by molar-refractivity contribution is 0.0600. The summed E-state index contributed by atoms with van der Waals surface area (Å²) in [6, 6.07) is 17.9. The molecule has 1 aliphatic heterocycles. The highest BCUT2D eigenvalue weighted by molar-refractivity contribution is 6.06. The number of anilines is 1. The molecule has 1 heterocycles. The van der Waals surface area contributed by atoms with Crippen molar-refractivity contribution in [1.82, 2.24) is 0 Å². The van der Waals surface area contributed by atoms with Gasteiger partial charge >= 0.3 is 5.97 Å². The molecule has 0 radical (unpaired) electrons. The van der Waals surface area contributed by atoms with E-state index in [0.717, 1.165) is 0 Å². The van der Waals surface area contributed by atoms with Gasteiger partial charge in [0.05, 0.1) is 19.8 Å². The monoisotopic (exact) mass is 419 g/mol. The maximum Gasteiger partial charge on any atom is 0.338 e. The molecular weight excluding hydrogens is 398 g/mol. The zero-order valence-corrected chi connectivity index (χ0v) is 17.4. The Labute approximate surface area is 179 Å². The molecule has 0 bridgehead atoms. The second-order valence-electron chi connectivity index (χ2n) is 6.83. The highest BCUT2D eigenvalue weighted by atomic mass is 16.7. The summed E-state index contributed by atoms with van der Waals surface area (Å²) in [5, 5.41) is 0. The van der Waals surface area contributed by atoms with E-state index in [1.165, 1.54) is 14.2 Å². The van der Waals surface area contributed by atoms with E-state index in [-0.39, 0.29) is 12.7 Å². The van der Waals surface area contributed by atoms with Crippen LogP contribution in [0.15, 0.2) is 60.7 Å². The van der Waals surface area contributed by atoms with E-state index in [0.29, 0.717) is 45.2 Å².